The fourth-order valence-corrected chi connectivity index (χ4v) is 2.42. The van der Waals surface area contributed by atoms with E-state index >= 15 is 0 Å². The Kier molecular flexibility index (Phi) is 5.05. The van der Waals surface area contributed by atoms with E-state index in [1.165, 1.54) is 17.8 Å². The molecule has 1 aliphatic rings. The predicted molar refractivity (Wildman–Crippen MR) is 68.5 cm³/mol. The van der Waals surface area contributed by atoms with E-state index in [-0.39, 0.29) is 35.3 Å². The van der Waals surface area contributed by atoms with Crippen molar-refractivity contribution in [2.75, 3.05) is 19.9 Å². The summed E-state index contributed by atoms with van der Waals surface area (Å²) in [6.45, 7) is 4.91. The van der Waals surface area contributed by atoms with E-state index in [1.807, 2.05) is 13.3 Å². The summed E-state index contributed by atoms with van der Waals surface area (Å²) in [5.74, 6) is 0.623. The second-order valence-corrected chi connectivity index (χ2v) is 5.66. The third-order valence-corrected chi connectivity index (χ3v) is 3.95. The van der Waals surface area contributed by atoms with Crippen LogP contribution in [0.3, 0.4) is 0 Å². The number of thioether (sulfide) groups is 1. The maximum atomic E-state index is 13.2. The fourth-order valence-electron chi connectivity index (χ4n) is 1.81. The summed E-state index contributed by atoms with van der Waals surface area (Å²) in [4.78, 5) is 0.907. The number of ether oxygens (including phenoxy) is 1. The SMILES string of the molecule is CSc1cc(F)ccc1C1=[N+](C)C(C)(C)CO1.[I-]. The second-order valence-electron chi connectivity index (χ2n) is 4.81. The van der Waals surface area contributed by atoms with Gasteiger partial charge in [-0.25, -0.2) is 4.39 Å². The van der Waals surface area contributed by atoms with Gasteiger partial charge < -0.3 is 28.7 Å². The highest BCUT2D eigenvalue weighted by molar-refractivity contribution is 7.98. The molecule has 0 fully saturated rings. The van der Waals surface area contributed by atoms with Gasteiger partial charge in [0.05, 0.1) is 5.56 Å². The maximum absolute atomic E-state index is 13.2. The molecular weight excluding hydrogens is 364 g/mol. The smallest absolute Gasteiger partial charge is 0.371 e. The zero-order valence-electron chi connectivity index (χ0n) is 11.0. The van der Waals surface area contributed by atoms with E-state index in [0.29, 0.717) is 6.61 Å². The average Bonchev–Trinajstić information content (AvgIpc) is 2.55. The first-order valence-corrected chi connectivity index (χ1v) is 6.75. The molecule has 0 unspecified atom stereocenters. The van der Waals surface area contributed by atoms with Gasteiger partial charge in [0.2, 0.25) is 0 Å². The highest BCUT2D eigenvalue weighted by atomic mass is 127. The molecule has 0 saturated heterocycles. The van der Waals surface area contributed by atoms with E-state index in [2.05, 4.69) is 18.4 Å². The Labute approximate surface area is 129 Å². The van der Waals surface area contributed by atoms with Crippen molar-refractivity contribution in [3.05, 3.63) is 29.6 Å². The molecule has 0 atom stereocenters. The molecule has 0 aromatic heterocycles. The van der Waals surface area contributed by atoms with Crippen molar-refractivity contribution < 1.29 is 37.7 Å². The monoisotopic (exact) mass is 381 g/mol. The van der Waals surface area contributed by atoms with E-state index in [9.17, 15) is 4.39 Å². The molecule has 0 saturated carbocycles. The largest absolute Gasteiger partial charge is 1.00 e. The van der Waals surface area contributed by atoms with Crippen LogP contribution in [0.2, 0.25) is 0 Å². The van der Waals surface area contributed by atoms with Gasteiger partial charge in [0.15, 0.2) is 12.1 Å². The summed E-state index contributed by atoms with van der Waals surface area (Å²) in [7, 11) is 2.01. The van der Waals surface area contributed by atoms with Crippen LogP contribution in [-0.2, 0) is 4.74 Å². The second kappa shape index (κ2) is 5.77. The van der Waals surface area contributed by atoms with Crippen molar-refractivity contribution in [3.8, 4) is 0 Å². The maximum Gasteiger partial charge on any atom is 0.371 e. The molecule has 18 heavy (non-hydrogen) atoms. The molecule has 5 heteroatoms. The number of nitrogens with zero attached hydrogens (tertiary/aromatic N) is 1. The van der Waals surface area contributed by atoms with Crippen LogP contribution in [0.1, 0.15) is 19.4 Å². The number of benzene rings is 1. The van der Waals surface area contributed by atoms with Crippen molar-refractivity contribution >= 4 is 17.7 Å². The lowest BCUT2D eigenvalue weighted by Crippen LogP contribution is -3.00. The Bertz CT molecular complexity index is 488. The Balaban J connectivity index is 0.00000162. The van der Waals surface area contributed by atoms with Gasteiger partial charge in [0, 0.05) is 18.7 Å². The van der Waals surface area contributed by atoms with Gasteiger partial charge in [-0.1, -0.05) is 0 Å². The molecule has 0 bridgehead atoms. The van der Waals surface area contributed by atoms with E-state index < -0.39 is 0 Å². The van der Waals surface area contributed by atoms with Gasteiger partial charge in [0.1, 0.15) is 12.9 Å². The molecule has 0 N–H and O–H groups in total. The minimum Gasteiger partial charge on any atom is -1.00 e. The molecule has 1 aromatic carbocycles. The molecule has 0 radical (unpaired) electrons. The van der Waals surface area contributed by atoms with Crippen LogP contribution < -0.4 is 24.0 Å². The van der Waals surface area contributed by atoms with Gasteiger partial charge in [-0.05, 0) is 24.5 Å². The normalized spacial score (nSPS) is 17.4. The van der Waals surface area contributed by atoms with Crippen LogP contribution in [0.4, 0.5) is 4.39 Å². The number of hydrogen-bond donors (Lipinski definition) is 0. The summed E-state index contributed by atoms with van der Waals surface area (Å²) in [6, 6.07) is 4.81. The van der Waals surface area contributed by atoms with Crippen molar-refractivity contribution in [3.63, 3.8) is 0 Å². The minimum atomic E-state index is -0.210. The third kappa shape index (κ3) is 2.82. The van der Waals surface area contributed by atoms with Crippen molar-refractivity contribution in [1.29, 1.82) is 0 Å². The topological polar surface area (TPSA) is 12.2 Å². The molecule has 2 rings (SSSR count). The van der Waals surface area contributed by atoms with Gasteiger partial charge in [0.25, 0.3) is 0 Å². The zero-order valence-corrected chi connectivity index (χ0v) is 13.9. The molecule has 1 heterocycles. The van der Waals surface area contributed by atoms with Crippen LogP contribution in [0, 0.1) is 5.82 Å². The Hall–Kier alpha value is -0.300. The van der Waals surface area contributed by atoms with Gasteiger partial charge >= 0.3 is 5.90 Å². The third-order valence-electron chi connectivity index (χ3n) is 3.17. The lowest BCUT2D eigenvalue weighted by Gasteiger charge is -2.09. The van der Waals surface area contributed by atoms with Crippen LogP contribution in [0.5, 0.6) is 0 Å². The first-order chi connectivity index (χ1) is 7.95. The Morgan fingerprint density at radius 1 is 1.39 bits per heavy atom. The summed E-state index contributed by atoms with van der Waals surface area (Å²) in [6.07, 6.45) is 1.94. The highest BCUT2D eigenvalue weighted by Crippen LogP contribution is 2.26. The van der Waals surface area contributed by atoms with E-state index in [0.717, 1.165) is 16.4 Å². The van der Waals surface area contributed by atoms with E-state index in [1.54, 1.807) is 12.1 Å². The molecule has 1 aliphatic heterocycles. The van der Waals surface area contributed by atoms with Gasteiger partial charge in [-0.2, -0.15) is 4.58 Å². The molecule has 2 nitrogen and oxygen atoms in total. The number of hydrogen-bond acceptors (Lipinski definition) is 2. The molecule has 100 valence electrons. The zero-order chi connectivity index (χ0) is 12.6. The lowest BCUT2D eigenvalue weighted by molar-refractivity contribution is -0.562. The molecule has 1 aromatic rings. The fraction of sp³-hybridized carbons (Fsp3) is 0.462. The van der Waals surface area contributed by atoms with E-state index in [4.69, 9.17) is 4.74 Å². The first-order valence-electron chi connectivity index (χ1n) is 5.53. The highest BCUT2D eigenvalue weighted by Gasteiger charge is 2.40. The number of rotatable bonds is 2. The van der Waals surface area contributed by atoms with Crippen LogP contribution in [0.15, 0.2) is 23.1 Å². The molecule has 0 aliphatic carbocycles. The Morgan fingerprint density at radius 3 is 2.56 bits per heavy atom. The van der Waals surface area contributed by atoms with Crippen molar-refractivity contribution in [2.45, 2.75) is 24.3 Å². The molecular formula is C13H17FINOS. The minimum absolute atomic E-state index is 0. The molecule has 0 spiro atoms. The van der Waals surface area contributed by atoms with Crippen LogP contribution in [-0.4, -0.2) is 35.9 Å². The molecule has 0 amide bonds. The summed E-state index contributed by atoms with van der Waals surface area (Å²) < 4.78 is 21.1. The summed E-state index contributed by atoms with van der Waals surface area (Å²) in [5, 5.41) is 0. The summed E-state index contributed by atoms with van der Waals surface area (Å²) >= 11 is 1.53. The number of likely N-dealkylation sites (N-methyl/N-ethyl adjacent to an activating group) is 1. The first kappa shape index (κ1) is 15.8. The number of halogens is 2. The van der Waals surface area contributed by atoms with Gasteiger partial charge in [-0.15, -0.1) is 11.8 Å². The van der Waals surface area contributed by atoms with Crippen molar-refractivity contribution in [1.82, 2.24) is 0 Å². The van der Waals surface area contributed by atoms with Crippen molar-refractivity contribution in [2.24, 2.45) is 0 Å². The summed E-state index contributed by atoms with van der Waals surface area (Å²) in [5.41, 5.74) is 0.950. The van der Waals surface area contributed by atoms with Gasteiger partial charge in [-0.3, -0.25) is 0 Å². The predicted octanol–water partition coefficient (Wildman–Crippen LogP) is -0.251. The lowest BCUT2D eigenvalue weighted by atomic mass is 10.1. The standard InChI is InChI=1S/C13H17FNOS.HI/c1-13(2)8-16-12(15(13)3)10-6-5-9(14)7-11(10)17-4;/h5-7H,8H2,1-4H3;1H/q+1;/p-1. The quantitative estimate of drug-likeness (QED) is 0.398. The van der Waals surface area contributed by atoms with Crippen LogP contribution in [0.25, 0.3) is 0 Å². The Morgan fingerprint density at radius 2 is 2.06 bits per heavy atom. The average molecular weight is 381 g/mol. The van der Waals surface area contributed by atoms with Crippen LogP contribution >= 0.6 is 11.8 Å².